The number of hydrogen-bond acceptors (Lipinski definition) is 4. The average molecular weight is 486 g/mol. The topological polar surface area (TPSA) is 88.6 Å². The fourth-order valence-electron chi connectivity index (χ4n) is 4.02. The number of fused-ring (bicyclic) bond motifs is 1. The predicted molar refractivity (Wildman–Crippen MR) is 110 cm³/mol. The van der Waals surface area contributed by atoms with Crippen LogP contribution in [0, 0.1) is 5.92 Å². The van der Waals surface area contributed by atoms with Crippen LogP contribution >= 0.6 is 0 Å². The van der Waals surface area contributed by atoms with Gasteiger partial charge in [-0.2, -0.15) is 36.0 Å². The minimum absolute atomic E-state index is 0.0475. The molecule has 1 aromatic carbocycles. The van der Waals surface area contributed by atoms with E-state index in [2.05, 4.69) is 15.4 Å². The number of nitrogens with two attached hydrogens (primary N) is 1. The van der Waals surface area contributed by atoms with Crippen LogP contribution in [0.2, 0.25) is 0 Å². The number of rotatable bonds is 5. The Morgan fingerprint density at radius 2 is 1.68 bits per heavy atom. The summed E-state index contributed by atoms with van der Waals surface area (Å²) in [6, 6.07) is 9.59. The van der Waals surface area contributed by atoms with E-state index in [1.807, 2.05) is 19.1 Å². The van der Waals surface area contributed by atoms with Gasteiger partial charge in [0.1, 0.15) is 5.82 Å². The molecule has 0 radical (unpaired) electrons. The van der Waals surface area contributed by atoms with Crippen LogP contribution in [-0.4, -0.2) is 45.2 Å². The van der Waals surface area contributed by atoms with E-state index < -0.39 is 40.8 Å². The highest BCUT2D eigenvalue weighted by atomic mass is 19.4. The summed E-state index contributed by atoms with van der Waals surface area (Å²) in [5, 5.41) is 6.28. The van der Waals surface area contributed by atoms with Crippen molar-refractivity contribution in [2.45, 2.75) is 24.7 Å². The van der Waals surface area contributed by atoms with E-state index in [-0.39, 0.29) is 18.3 Å². The molecule has 0 aliphatic carbocycles. The van der Waals surface area contributed by atoms with Crippen LogP contribution in [0.3, 0.4) is 0 Å². The number of anilines is 1. The fourth-order valence-corrected chi connectivity index (χ4v) is 4.02. The van der Waals surface area contributed by atoms with Crippen LogP contribution in [-0.2, 0) is 17.8 Å². The molecule has 3 N–H and O–H groups in total. The third-order valence-corrected chi connectivity index (χ3v) is 6.17. The van der Waals surface area contributed by atoms with Gasteiger partial charge in [0.25, 0.3) is 0 Å². The van der Waals surface area contributed by atoms with E-state index in [1.54, 1.807) is 18.2 Å². The fraction of sp³-hybridized carbons (Fsp3) is 0.381. The molecule has 1 fully saturated rings. The number of aromatic nitrogens is 3. The van der Waals surface area contributed by atoms with Crippen LogP contribution in [0.15, 0.2) is 42.5 Å². The van der Waals surface area contributed by atoms with Crippen LogP contribution in [0.5, 0.6) is 0 Å². The zero-order valence-corrected chi connectivity index (χ0v) is 17.8. The highest BCUT2D eigenvalue weighted by Crippen LogP contribution is 2.39. The smallest absolute Gasteiger partial charge is 0.369 e. The van der Waals surface area contributed by atoms with Crippen molar-refractivity contribution in [2.24, 2.45) is 11.7 Å². The number of hydrogen-bond donors (Lipinski definition) is 2. The maximum atomic E-state index is 13.4. The number of carbonyl (C=O) groups excluding carboxylic acids is 1. The maximum Gasteiger partial charge on any atom is 0.435 e. The van der Waals surface area contributed by atoms with Crippen molar-refractivity contribution in [1.29, 1.82) is 0 Å². The molecule has 1 atom stereocenters. The second-order valence-corrected chi connectivity index (χ2v) is 8.40. The first-order valence-electron chi connectivity index (χ1n) is 10.2. The minimum atomic E-state index is -4.88. The molecule has 182 valence electrons. The number of halogens is 6. The summed E-state index contributed by atoms with van der Waals surface area (Å²) in [5.74, 6) is -0.390. The summed E-state index contributed by atoms with van der Waals surface area (Å²) in [7, 11) is 0. The van der Waals surface area contributed by atoms with Crippen molar-refractivity contribution in [3.05, 3.63) is 59.4 Å². The molecule has 4 rings (SSSR count). The highest BCUT2D eigenvalue weighted by Gasteiger charge is 2.44. The Morgan fingerprint density at radius 1 is 1.06 bits per heavy atom. The summed E-state index contributed by atoms with van der Waals surface area (Å²) in [5.41, 5.74) is 2.18. The molecule has 1 unspecified atom stereocenters. The van der Waals surface area contributed by atoms with E-state index in [4.69, 9.17) is 5.73 Å². The van der Waals surface area contributed by atoms with Crippen molar-refractivity contribution >= 4 is 17.5 Å². The molecule has 0 bridgehead atoms. The van der Waals surface area contributed by atoms with Gasteiger partial charge < -0.3 is 16.0 Å². The van der Waals surface area contributed by atoms with Gasteiger partial charge in [0.2, 0.25) is 0 Å². The summed E-state index contributed by atoms with van der Waals surface area (Å²) < 4.78 is 80.4. The Balaban J connectivity index is 1.72. The van der Waals surface area contributed by atoms with Gasteiger partial charge in [-0.25, -0.2) is 9.78 Å². The van der Waals surface area contributed by atoms with Crippen LogP contribution in [0.1, 0.15) is 23.9 Å². The van der Waals surface area contributed by atoms with Crippen molar-refractivity contribution in [1.82, 2.24) is 19.5 Å². The number of alkyl halides is 6. The Hall–Kier alpha value is -3.51. The lowest BCUT2D eigenvalue weighted by atomic mass is 9.68. The van der Waals surface area contributed by atoms with E-state index in [9.17, 15) is 31.1 Å². The largest absolute Gasteiger partial charge is 0.435 e. The van der Waals surface area contributed by atoms with Gasteiger partial charge in [0.15, 0.2) is 17.0 Å². The van der Waals surface area contributed by atoms with E-state index in [1.165, 1.54) is 4.90 Å². The number of carbonyl (C=O) groups is 1. The van der Waals surface area contributed by atoms with Gasteiger partial charge in [-0.15, -0.1) is 0 Å². The molecule has 0 saturated carbocycles. The zero-order valence-electron chi connectivity index (χ0n) is 17.8. The Bertz CT molecular complexity index is 1200. The second kappa shape index (κ2) is 8.06. The Labute approximate surface area is 189 Å². The van der Waals surface area contributed by atoms with E-state index in [0.29, 0.717) is 29.7 Å². The molecule has 2 amide bonds. The number of urea groups is 1. The van der Waals surface area contributed by atoms with Gasteiger partial charge in [-0.05, 0) is 5.56 Å². The number of nitrogens with one attached hydrogen (secondary N) is 1. The zero-order chi connectivity index (χ0) is 24.9. The highest BCUT2D eigenvalue weighted by molar-refractivity contribution is 5.73. The normalized spacial score (nSPS) is 16.9. The molecule has 1 aliphatic rings. The average Bonchev–Trinajstić information content (AvgIpc) is 3.15. The number of amides is 2. The molecule has 3 aromatic rings. The molecule has 3 heterocycles. The monoisotopic (exact) mass is 486 g/mol. The van der Waals surface area contributed by atoms with Crippen molar-refractivity contribution in [3.63, 3.8) is 0 Å². The predicted octanol–water partition coefficient (Wildman–Crippen LogP) is 4.15. The molecule has 34 heavy (non-hydrogen) atoms. The molecule has 2 aromatic heterocycles. The molecular weight excluding hydrogens is 466 g/mol. The molecule has 7 nitrogen and oxygen atoms in total. The summed E-state index contributed by atoms with van der Waals surface area (Å²) in [4.78, 5) is 16.2. The lowest BCUT2D eigenvalue weighted by Gasteiger charge is -2.49. The van der Waals surface area contributed by atoms with E-state index >= 15 is 0 Å². The summed E-state index contributed by atoms with van der Waals surface area (Å²) >= 11 is 0. The standard InChI is InChI=1S/C21H20F6N6O/c1-19(12-5-3-2-4-6-12,13-9-32(10-13)18(28)34)11-29-16-7-14(20(22,23)24)30-17-8-15(21(25,26)27)31-33(16)17/h2-8,13,29H,9-11H2,1H3,(H2,28,34). The third-order valence-electron chi connectivity index (χ3n) is 6.17. The second-order valence-electron chi connectivity index (χ2n) is 8.40. The van der Waals surface area contributed by atoms with Gasteiger partial charge in [-0.3, -0.25) is 0 Å². The first-order valence-corrected chi connectivity index (χ1v) is 10.2. The molecule has 13 heteroatoms. The Morgan fingerprint density at radius 3 is 2.24 bits per heavy atom. The van der Waals surface area contributed by atoms with Crippen LogP contribution in [0.25, 0.3) is 5.65 Å². The van der Waals surface area contributed by atoms with Crippen LogP contribution in [0.4, 0.5) is 37.0 Å². The Kier molecular flexibility index (Phi) is 5.61. The van der Waals surface area contributed by atoms with Crippen molar-refractivity contribution in [3.8, 4) is 0 Å². The van der Waals surface area contributed by atoms with Gasteiger partial charge >= 0.3 is 18.4 Å². The molecule has 0 spiro atoms. The number of primary amides is 1. The first-order chi connectivity index (χ1) is 15.8. The third kappa shape index (κ3) is 4.33. The number of nitrogens with zero attached hydrogens (tertiary/aromatic N) is 4. The van der Waals surface area contributed by atoms with Gasteiger partial charge in [0, 0.05) is 43.1 Å². The lowest BCUT2D eigenvalue weighted by Crippen LogP contribution is -2.60. The summed E-state index contributed by atoms with van der Waals surface area (Å²) in [6.07, 6.45) is -9.73. The maximum absolute atomic E-state index is 13.4. The number of likely N-dealkylation sites (tertiary alicyclic amines) is 1. The molecule has 1 aliphatic heterocycles. The lowest BCUT2D eigenvalue weighted by molar-refractivity contribution is -0.142. The van der Waals surface area contributed by atoms with Crippen molar-refractivity contribution < 1.29 is 31.1 Å². The minimum Gasteiger partial charge on any atom is -0.369 e. The van der Waals surface area contributed by atoms with Crippen molar-refractivity contribution in [2.75, 3.05) is 25.0 Å². The van der Waals surface area contributed by atoms with Crippen LogP contribution < -0.4 is 11.1 Å². The SMILES string of the molecule is CC(CNc1cc(C(F)(F)F)nc2cc(C(F)(F)F)nn12)(c1ccccc1)C1CN(C(N)=O)C1. The summed E-state index contributed by atoms with van der Waals surface area (Å²) in [6.45, 7) is 2.58. The quantitative estimate of drug-likeness (QED) is 0.531. The molecular formula is C21H20F6N6O. The van der Waals surface area contributed by atoms with Gasteiger partial charge in [0.05, 0.1) is 0 Å². The first kappa shape index (κ1) is 23.6. The molecule has 1 saturated heterocycles. The van der Waals surface area contributed by atoms with E-state index in [0.717, 1.165) is 5.56 Å². The number of benzene rings is 1. The van der Waals surface area contributed by atoms with Gasteiger partial charge in [-0.1, -0.05) is 37.3 Å².